The van der Waals surface area contributed by atoms with E-state index in [-0.39, 0.29) is 29.3 Å². The SMILES string of the molecule is CCCC(C)C(=O)Oc1ccc(C(C(C)C(C)OC(=O)C(C)CCC)[C@H](N)C(=O)O)cc1OC(=O)C(C)CCC. The van der Waals surface area contributed by atoms with E-state index in [1.807, 2.05) is 20.8 Å². The lowest BCUT2D eigenvalue weighted by Crippen LogP contribution is -2.43. The van der Waals surface area contributed by atoms with Crippen molar-refractivity contribution in [2.45, 2.75) is 112 Å². The van der Waals surface area contributed by atoms with Crippen LogP contribution in [0.5, 0.6) is 11.5 Å². The van der Waals surface area contributed by atoms with Gasteiger partial charge in [0, 0.05) is 11.8 Å². The van der Waals surface area contributed by atoms with Crippen molar-refractivity contribution < 1.29 is 38.5 Å². The van der Waals surface area contributed by atoms with Gasteiger partial charge in [0.1, 0.15) is 12.1 Å². The molecule has 0 saturated heterocycles. The predicted molar refractivity (Wildman–Crippen MR) is 153 cm³/mol. The van der Waals surface area contributed by atoms with Gasteiger partial charge >= 0.3 is 23.9 Å². The topological polar surface area (TPSA) is 142 Å². The molecule has 0 radical (unpaired) electrons. The fourth-order valence-corrected chi connectivity index (χ4v) is 4.66. The van der Waals surface area contributed by atoms with Crippen LogP contribution in [0, 0.1) is 23.7 Å². The van der Waals surface area contributed by atoms with E-state index in [4.69, 9.17) is 19.9 Å². The number of benzene rings is 1. The van der Waals surface area contributed by atoms with Crippen LogP contribution in [0.25, 0.3) is 0 Å². The summed E-state index contributed by atoms with van der Waals surface area (Å²) in [6.45, 7) is 14.7. The average molecular weight is 564 g/mol. The molecule has 0 aliphatic rings. The Bertz CT molecular complexity index is 994. The van der Waals surface area contributed by atoms with E-state index in [0.29, 0.717) is 24.8 Å². The molecular weight excluding hydrogens is 514 g/mol. The summed E-state index contributed by atoms with van der Waals surface area (Å²) in [5.41, 5.74) is 6.63. The van der Waals surface area contributed by atoms with Gasteiger partial charge in [0.15, 0.2) is 11.5 Å². The smallest absolute Gasteiger partial charge is 0.321 e. The Morgan fingerprint density at radius 2 is 1.20 bits per heavy atom. The molecule has 40 heavy (non-hydrogen) atoms. The maximum atomic E-state index is 12.8. The molecule has 0 amide bonds. The maximum Gasteiger partial charge on any atom is 0.321 e. The molecule has 1 aromatic carbocycles. The molecule has 0 bridgehead atoms. The number of carboxylic acid groups (broad SMARTS) is 1. The van der Waals surface area contributed by atoms with E-state index in [0.717, 1.165) is 19.3 Å². The van der Waals surface area contributed by atoms with Crippen molar-refractivity contribution in [3.63, 3.8) is 0 Å². The summed E-state index contributed by atoms with van der Waals surface area (Å²) in [7, 11) is 0. The van der Waals surface area contributed by atoms with E-state index >= 15 is 0 Å². The summed E-state index contributed by atoms with van der Waals surface area (Å²) in [6.07, 6.45) is 3.71. The van der Waals surface area contributed by atoms with E-state index in [9.17, 15) is 24.3 Å². The molecular formula is C31H49NO8. The van der Waals surface area contributed by atoms with Gasteiger partial charge in [-0.3, -0.25) is 19.2 Å². The molecule has 7 atom stereocenters. The van der Waals surface area contributed by atoms with Crippen molar-refractivity contribution in [1.82, 2.24) is 0 Å². The molecule has 9 heteroatoms. The first-order valence-electron chi connectivity index (χ1n) is 14.5. The Balaban J connectivity index is 3.49. The molecule has 226 valence electrons. The zero-order valence-corrected chi connectivity index (χ0v) is 25.4. The Hall–Kier alpha value is -2.94. The van der Waals surface area contributed by atoms with Crippen molar-refractivity contribution in [2.75, 3.05) is 0 Å². The monoisotopic (exact) mass is 563 g/mol. The summed E-state index contributed by atoms with van der Waals surface area (Å²) in [4.78, 5) is 50.1. The molecule has 3 N–H and O–H groups in total. The van der Waals surface area contributed by atoms with Crippen molar-refractivity contribution in [3.8, 4) is 11.5 Å². The van der Waals surface area contributed by atoms with E-state index in [1.54, 1.807) is 40.7 Å². The van der Waals surface area contributed by atoms with Crippen LogP contribution in [-0.4, -0.2) is 41.1 Å². The fraction of sp³-hybridized carbons (Fsp3) is 0.677. The Kier molecular flexibility index (Phi) is 14.9. The highest BCUT2D eigenvalue weighted by atomic mass is 16.6. The summed E-state index contributed by atoms with van der Waals surface area (Å²) in [5.74, 6) is -4.80. The van der Waals surface area contributed by atoms with E-state index < -0.39 is 47.8 Å². The highest BCUT2D eigenvalue weighted by Gasteiger charge is 2.36. The number of hydrogen-bond donors (Lipinski definition) is 2. The number of carbonyl (C=O) groups is 4. The van der Waals surface area contributed by atoms with E-state index in [2.05, 4.69) is 0 Å². The molecule has 0 heterocycles. The summed E-state index contributed by atoms with van der Waals surface area (Å²) >= 11 is 0. The van der Waals surface area contributed by atoms with Gasteiger partial charge in [0.25, 0.3) is 0 Å². The van der Waals surface area contributed by atoms with Crippen LogP contribution >= 0.6 is 0 Å². The van der Waals surface area contributed by atoms with Gasteiger partial charge in [-0.2, -0.15) is 0 Å². The molecule has 1 rings (SSSR count). The summed E-state index contributed by atoms with van der Waals surface area (Å²) < 4.78 is 17.0. The lowest BCUT2D eigenvalue weighted by Gasteiger charge is -2.32. The van der Waals surface area contributed by atoms with Crippen molar-refractivity contribution in [2.24, 2.45) is 29.4 Å². The molecule has 0 aliphatic carbocycles. The zero-order valence-electron chi connectivity index (χ0n) is 25.4. The first kappa shape index (κ1) is 35.1. The Morgan fingerprint density at radius 1 is 0.750 bits per heavy atom. The number of ether oxygens (including phenoxy) is 3. The number of rotatable bonds is 17. The number of esters is 3. The van der Waals surface area contributed by atoms with Crippen LogP contribution in [0.15, 0.2) is 18.2 Å². The van der Waals surface area contributed by atoms with Gasteiger partial charge in [-0.1, -0.05) is 73.8 Å². The molecule has 6 unspecified atom stereocenters. The molecule has 0 aliphatic heterocycles. The van der Waals surface area contributed by atoms with Crippen molar-refractivity contribution >= 4 is 23.9 Å². The predicted octanol–water partition coefficient (Wildman–Crippen LogP) is 5.87. The van der Waals surface area contributed by atoms with Gasteiger partial charge < -0.3 is 25.1 Å². The van der Waals surface area contributed by atoms with Crippen LogP contribution < -0.4 is 15.2 Å². The maximum absolute atomic E-state index is 12.8. The first-order valence-corrected chi connectivity index (χ1v) is 14.5. The number of aliphatic carboxylic acids is 1. The molecule has 9 nitrogen and oxygen atoms in total. The van der Waals surface area contributed by atoms with Crippen molar-refractivity contribution in [1.29, 1.82) is 0 Å². The zero-order chi connectivity index (χ0) is 30.6. The second-order valence-corrected chi connectivity index (χ2v) is 11.0. The quantitative estimate of drug-likeness (QED) is 0.176. The van der Waals surface area contributed by atoms with Gasteiger partial charge in [-0.25, -0.2) is 0 Å². The lowest BCUT2D eigenvalue weighted by atomic mass is 9.79. The molecule has 0 aromatic heterocycles. The van der Waals surface area contributed by atoms with Gasteiger partial charge in [0.05, 0.1) is 17.8 Å². The van der Waals surface area contributed by atoms with Gasteiger partial charge in [-0.15, -0.1) is 0 Å². The molecule has 0 spiro atoms. The first-order chi connectivity index (χ1) is 18.8. The number of carbonyl (C=O) groups excluding carboxylic acids is 3. The number of hydrogen-bond acceptors (Lipinski definition) is 8. The standard InChI is InChI=1S/C31H49NO8/c1-9-12-18(4)29(35)38-22(8)21(7)26(27(32)28(33)34)23-15-16-24(39-30(36)19(5)13-10-2)25(17-23)40-31(37)20(6)14-11-3/h15-22,26-27H,9-14,32H2,1-8H3,(H,33,34)/t18?,19?,20?,21?,22?,26?,27-/m0/s1. The third-order valence-corrected chi connectivity index (χ3v) is 7.43. The Morgan fingerprint density at radius 3 is 1.65 bits per heavy atom. The highest BCUT2D eigenvalue weighted by molar-refractivity contribution is 5.79. The minimum atomic E-state index is -1.34. The largest absolute Gasteiger partial charge is 0.480 e. The highest BCUT2D eigenvalue weighted by Crippen LogP contribution is 2.38. The third-order valence-electron chi connectivity index (χ3n) is 7.43. The van der Waals surface area contributed by atoms with Crippen LogP contribution in [-0.2, 0) is 23.9 Å². The van der Waals surface area contributed by atoms with Gasteiger partial charge in [-0.05, 0) is 43.9 Å². The van der Waals surface area contributed by atoms with E-state index in [1.165, 1.54) is 12.1 Å². The van der Waals surface area contributed by atoms with Gasteiger partial charge in [0.2, 0.25) is 0 Å². The minimum absolute atomic E-state index is 0.0125. The van der Waals surface area contributed by atoms with Crippen LogP contribution in [0.3, 0.4) is 0 Å². The average Bonchev–Trinajstić information content (AvgIpc) is 2.90. The van der Waals surface area contributed by atoms with Crippen LogP contribution in [0.1, 0.15) is 105 Å². The summed E-state index contributed by atoms with van der Waals surface area (Å²) in [5, 5.41) is 9.83. The normalized spacial score (nSPS) is 16.5. The Labute approximate surface area is 239 Å². The number of nitrogens with two attached hydrogens (primary N) is 1. The fourth-order valence-electron chi connectivity index (χ4n) is 4.66. The third kappa shape index (κ3) is 10.2. The minimum Gasteiger partial charge on any atom is -0.480 e. The lowest BCUT2D eigenvalue weighted by molar-refractivity contribution is -0.156. The van der Waals surface area contributed by atoms with Crippen LogP contribution in [0.2, 0.25) is 0 Å². The number of carboxylic acids is 1. The summed E-state index contributed by atoms with van der Waals surface area (Å²) in [6, 6.07) is 3.26. The second kappa shape index (κ2) is 17.0. The molecule has 0 fully saturated rings. The van der Waals surface area contributed by atoms with Crippen LogP contribution in [0.4, 0.5) is 0 Å². The second-order valence-electron chi connectivity index (χ2n) is 11.0. The molecule has 1 aromatic rings. The van der Waals surface area contributed by atoms with Crippen molar-refractivity contribution in [3.05, 3.63) is 23.8 Å². The molecule has 0 saturated carbocycles.